The number of nitrogens with zero attached hydrogens (tertiary/aromatic N) is 2. The van der Waals surface area contributed by atoms with Gasteiger partial charge in [-0.05, 0) is 6.07 Å². The van der Waals surface area contributed by atoms with Crippen LogP contribution in [-0.4, -0.2) is 12.1 Å². The van der Waals surface area contributed by atoms with E-state index in [2.05, 4.69) is 9.72 Å². The molecule has 0 aliphatic heterocycles. The second-order valence-corrected chi connectivity index (χ2v) is 2.43. The molecule has 0 saturated heterocycles. The molecule has 0 aromatic carbocycles. The highest BCUT2D eigenvalue weighted by molar-refractivity contribution is 5.55. The monoisotopic (exact) mass is 199 g/mol. The Morgan fingerprint density at radius 1 is 1.64 bits per heavy atom. The molecule has 0 bridgehead atoms. The number of hydrogen-bond donors (Lipinski definition) is 1. The molecule has 0 spiro atoms. The third-order valence-corrected chi connectivity index (χ3v) is 1.58. The zero-order chi connectivity index (χ0) is 10.7. The maximum absolute atomic E-state index is 12.4. The van der Waals surface area contributed by atoms with Crippen molar-refractivity contribution < 1.29 is 13.5 Å². The molecule has 0 atom stereocenters. The lowest BCUT2D eigenvalue weighted by atomic mass is 10.2. The van der Waals surface area contributed by atoms with E-state index in [1.54, 1.807) is 6.07 Å². The number of ether oxygens (including phenoxy) is 1. The minimum Gasteiger partial charge on any atom is -0.481 e. The first-order valence-corrected chi connectivity index (χ1v) is 3.62. The van der Waals surface area contributed by atoms with Gasteiger partial charge in [0.05, 0.1) is 7.11 Å². The second-order valence-electron chi connectivity index (χ2n) is 2.43. The summed E-state index contributed by atoms with van der Waals surface area (Å²) in [5.74, 6) is -0.309. The second kappa shape index (κ2) is 3.87. The van der Waals surface area contributed by atoms with E-state index in [1.165, 1.54) is 7.11 Å². The third-order valence-electron chi connectivity index (χ3n) is 1.58. The van der Waals surface area contributed by atoms with Gasteiger partial charge < -0.3 is 10.5 Å². The Morgan fingerprint density at radius 2 is 2.29 bits per heavy atom. The Bertz CT molecular complexity index is 387. The highest BCUT2D eigenvalue weighted by atomic mass is 19.3. The maximum atomic E-state index is 12.4. The lowest BCUT2D eigenvalue weighted by Gasteiger charge is -2.09. The van der Waals surface area contributed by atoms with Gasteiger partial charge in [-0.2, -0.15) is 5.26 Å². The summed E-state index contributed by atoms with van der Waals surface area (Å²) in [5, 5.41) is 8.50. The lowest BCUT2D eigenvalue weighted by molar-refractivity contribution is 0.147. The van der Waals surface area contributed by atoms with Crippen LogP contribution in [0.3, 0.4) is 0 Å². The minimum atomic E-state index is -2.77. The molecule has 0 aliphatic carbocycles. The van der Waals surface area contributed by atoms with Gasteiger partial charge in [-0.25, -0.2) is 13.8 Å². The summed E-state index contributed by atoms with van der Waals surface area (Å²) in [7, 11) is 1.19. The standard InChI is InChI=1S/C8H7F2N3O/c1-14-8-6(7(9)10)5(12)2-4(3-11)13-8/h2,7H,1H3,(H2,12,13). The van der Waals surface area contributed by atoms with Gasteiger partial charge in [0.1, 0.15) is 17.3 Å². The summed E-state index contributed by atoms with van der Waals surface area (Å²) in [4.78, 5) is 3.55. The first-order chi connectivity index (χ1) is 6.60. The fourth-order valence-electron chi connectivity index (χ4n) is 0.983. The number of rotatable bonds is 2. The molecule has 1 aromatic rings. The van der Waals surface area contributed by atoms with Gasteiger partial charge in [-0.15, -0.1) is 0 Å². The molecule has 2 N–H and O–H groups in total. The van der Waals surface area contributed by atoms with Gasteiger partial charge in [0.2, 0.25) is 5.88 Å². The van der Waals surface area contributed by atoms with E-state index in [1.807, 2.05) is 0 Å². The van der Waals surface area contributed by atoms with Crippen LogP contribution in [0.25, 0.3) is 0 Å². The molecule has 74 valence electrons. The van der Waals surface area contributed by atoms with E-state index in [9.17, 15) is 8.78 Å². The fourth-order valence-corrected chi connectivity index (χ4v) is 0.983. The van der Waals surface area contributed by atoms with Gasteiger partial charge in [0, 0.05) is 5.69 Å². The Labute approximate surface area is 78.9 Å². The van der Waals surface area contributed by atoms with Gasteiger partial charge in [-0.1, -0.05) is 0 Å². The molecule has 14 heavy (non-hydrogen) atoms. The SMILES string of the molecule is COc1nc(C#N)cc(N)c1C(F)F. The summed E-state index contributed by atoms with van der Waals surface area (Å²) in [6, 6.07) is 2.78. The van der Waals surface area contributed by atoms with Crippen LogP contribution >= 0.6 is 0 Å². The Morgan fingerprint density at radius 3 is 2.71 bits per heavy atom. The molecular formula is C8H7F2N3O. The quantitative estimate of drug-likeness (QED) is 0.782. The first-order valence-electron chi connectivity index (χ1n) is 3.62. The zero-order valence-corrected chi connectivity index (χ0v) is 7.29. The van der Waals surface area contributed by atoms with E-state index in [-0.39, 0.29) is 17.3 Å². The fraction of sp³-hybridized carbons (Fsp3) is 0.250. The largest absolute Gasteiger partial charge is 0.481 e. The first kappa shape index (κ1) is 10.2. The van der Waals surface area contributed by atoms with Crippen LogP contribution in [-0.2, 0) is 0 Å². The molecule has 0 unspecified atom stereocenters. The van der Waals surface area contributed by atoms with Crippen LogP contribution in [0.1, 0.15) is 17.7 Å². The Hall–Kier alpha value is -1.90. The summed E-state index contributed by atoms with van der Waals surface area (Å²) in [6.45, 7) is 0. The van der Waals surface area contributed by atoms with Crippen molar-refractivity contribution in [1.29, 1.82) is 5.26 Å². The van der Waals surface area contributed by atoms with Crippen LogP contribution in [0.4, 0.5) is 14.5 Å². The van der Waals surface area contributed by atoms with Gasteiger partial charge >= 0.3 is 0 Å². The minimum absolute atomic E-state index is 0.0521. The molecular weight excluding hydrogens is 192 g/mol. The van der Waals surface area contributed by atoms with Crippen molar-refractivity contribution in [2.45, 2.75) is 6.43 Å². The van der Waals surface area contributed by atoms with E-state index in [4.69, 9.17) is 11.0 Å². The predicted molar refractivity (Wildman–Crippen MR) is 44.9 cm³/mol. The number of aromatic nitrogens is 1. The summed E-state index contributed by atoms with van der Waals surface area (Å²) in [5.41, 5.74) is 4.60. The highest BCUT2D eigenvalue weighted by Gasteiger charge is 2.19. The smallest absolute Gasteiger partial charge is 0.271 e. The number of pyridine rings is 1. The van der Waals surface area contributed by atoms with E-state index >= 15 is 0 Å². The topological polar surface area (TPSA) is 71.9 Å². The number of halogens is 2. The number of nitrogens with two attached hydrogens (primary N) is 1. The molecule has 1 aromatic heterocycles. The molecule has 1 rings (SSSR count). The maximum Gasteiger partial charge on any atom is 0.271 e. The van der Waals surface area contributed by atoms with Crippen molar-refractivity contribution in [1.82, 2.24) is 4.98 Å². The van der Waals surface area contributed by atoms with Crippen molar-refractivity contribution in [3.8, 4) is 11.9 Å². The summed E-state index contributed by atoms with van der Waals surface area (Å²) >= 11 is 0. The number of nitrogen functional groups attached to an aromatic ring is 1. The van der Waals surface area contributed by atoms with Gasteiger partial charge in [0.15, 0.2) is 0 Å². The average Bonchev–Trinajstić information content (AvgIpc) is 2.15. The molecule has 0 aliphatic rings. The van der Waals surface area contributed by atoms with Crippen LogP contribution in [0.15, 0.2) is 6.07 Å². The number of nitriles is 1. The average molecular weight is 199 g/mol. The number of hydrogen-bond acceptors (Lipinski definition) is 4. The van der Waals surface area contributed by atoms with Gasteiger partial charge in [0.25, 0.3) is 6.43 Å². The number of anilines is 1. The van der Waals surface area contributed by atoms with E-state index in [0.717, 1.165) is 6.07 Å². The predicted octanol–water partition coefficient (Wildman–Crippen LogP) is 1.48. The highest BCUT2D eigenvalue weighted by Crippen LogP contribution is 2.32. The van der Waals surface area contributed by atoms with Crippen LogP contribution < -0.4 is 10.5 Å². The van der Waals surface area contributed by atoms with Gasteiger partial charge in [-0.3, -0.25) is 0 Å². The van der Waals surface area contributed by atoms with E-state index < -0.39 is 12.0 Å². The molecule has 4 nitrogen and oxygen atoms in total. The Kier molecular flexibility index (Phi) is 2.82. The molecule has 6 heteroatoms. The van der Waals surface area contributed by atoms with Crippen molar-refractivity contribution in [2.75, 3.05) is 12.8 Å². The van der Waals surface area contributed by atoms with Crippen molar-refractivity contribution in [3.05, 3.63) is 17.3 Å². The van der Waals surface area contributed by atoms with Crippen LogP contribution in [0.2, 0.25) is 0 Å². The van der Waals surface area contributed by atoms with E-state index in [0.29, 0.717) is 0 Å². The number of methoxy groups -OCH3 is 1. The molecule has 0 fully saturated rings. The molecule has 0 radical (unpaired) electrons. The molecule has 0 saturated carbocycles. The van der Waals surface area contributed by atoms with Crippen molar-refractivity contribution in [3.63, 3.8) is 0 Å². The summed E-state index contributed by atoms with van der Waals surface area (Å²) in [6.07, 6.45) is -2.77. The molecule has 0 amide bonds. The lowest BCUT2D eigenvalue weighted by Crippen LogP contribution is -2.02. The Balaban J connectivity index is 3.36. The third kappa shape index (κ3) is 1.71. The summed E-state index contributed by atoms with van der Waals surface area (Å²) < 4.78 is 29.5. The number of alkyl halides is 2. The zero-order valence-electron chi connectivity index (χ0n) is 7.29. The van der Waals surface area contributed by atoms with Crippen molar-refractivity contribution >= 4 is 5.69 Å². The van der Waals surface area contributed by atoms with Crippen molar-refractivity contribution in [2.24, 2.45) is 0 Å². The normalized spacial score (nSPS) is 9.93. The van der Waals surface area contributed by atoms with Crippen LogP contribution in [0, 0.1) is 11.3 Å². The van der Waals surface area contributed by atoms with Crippen LogP contribution in [0.5, 0.6) is 5.88 Å². The molecule has 1 heterocycles.